The number of rotatable bonds is 37. The quantitative estimate of drug-likeness (QED) is 0.0332. The van der Waals surface area contributed by atoms with Crippen LogP contribution in [-0.4, -0.2) is 180 Å². The monoisotopic (exact) mass is 1290 g/mol. The lowest BCUT2D eigenvalue weighted by molar-refractivity contribution is -0.148. The van der Waals surface area contributed by atoms with Crippen LogP contribution in [0.2, 0.25) is 0 Å². The molecule has 0 aliphatic carbocycles. The zero-order valence-electron chi connectivity index (χ0n) is 55.8. The highest BCUT2D eigenvalue weighted by Gasteiger charge is 2.44. The van der Waals surface area contributed by atoms with Gasteiger partial charge in [0.05, 0.1) is 48.8 Å². The number of ether oxygens (including phenoxy) is 3. The van der Waals surface area contributed by atoms with Crippen molar-refractivity contribution < 1.29 is 72.1 Å². The molecule has 0 aromatic heterocycles. The van der Waals surface area contributed by atoms with Gasteiger partial charge in [-0.2, -0.15) is 0 Å². The number of alkyl carbamates (subject to hydrolysis) is 1. The Hall–Kier alpha value is -7.97. The average molecular weight is 1290 g/mol. The second-order valence-electron chi connectivity index (χ2n) is 25.2. The molecule has 0 saturated carbocycles. The zero-order chi connectivity index (χ0) is 68.6. The van der Waals surface area contributed by atoms with Crippen LogP contribution in [0.5, 0.6) is 0 Å². The van der Waals surface area contributed by atoms with E-state index in [4.69, 9.17) is 19.9 Å². The molecule has 2 aliphatic heterocycles. The number of amides is 12. The fourth-order valence-corrected chi connectivity index (χ4v) is 11.4. The number of anilines is 1. The maximum atomic E-state index is 14.7. The molecule has 12 amide bonds. The van der Waals surface area contributed by atoms with Crippen molar-refractivity contribution >= 4 is 71.0 Å². The molecule has 1 saturated heterocycles. The number of unbranched alkanes of at least 4 members (excludes halogenated alkanes) is 2. The molecule has 4 rings (SSSR count). The Kier molecular flexibility index (Phi) is 30.7. The third kappa shape index (κ3) is 22.7. The van der Waals surface area contributed by atoms with Crippen molar-refractivity contribution in [1.29, 1.82) is 0 Å². The predicted octanol–water partition coefficient (Wildman–Crippen LogP) is 4.49. The number of hydrogen-bond acceptors (Lipinski definition) is 15. The first kappa shape index (κ1) is 76.5. The number of likely N-dealkylation sites (N-methyl/N-ethyl adjacent to an activating group) is 1. The number of primary amides is 1. The number of nitrogens with zero attached hydrogens (tertiary/aromatic N) is 3. The summed E-state index contributed by atoms with van der Waals surface area (Å²) >= 11 is 0. The number of methoxy groups -OCH3 is 2. The third-order valence-corrected chi connectivity index (χ3v) is 17.1. The highest BCUT2D eigenvalue weighted by atomic mass is 16.5. The van der Waals surface area contributed by atoms with Gasteiger partial charge >= 0.3 is 12.1 Å². The van der Waals surface area contributed by atoms with E-state index in [-0.39, 0.29) is 80.8 Å². The minimum atomic E-state index is -1.59. The first-order chi connectivity index (χ1) is 43.5. The van der Waals surface area contributed by atoms with Gasteiger partial charge in [0.1, 0.15) is 30.3 Å². The zero-order valence-corrected chi connectivity index (χ0v) is 55.8. The van der Waals surface area contributed by atoms with Crippen LogP contribution in [-0.2, 0) is 64.0 Å². The Morgan fingerprint density at radius 1 is 0.772 bits per heavy atom. The normalized spacial score (nSPS) is 17.3. The van der Waals surface area contributed by atoms with Gasteiger partial charge in [0, 0.05) is 65.2 Å². The summed E-state index contributed by atoms with van der Waals surface area (Å²) in [4.78, 5) is 150. The Bertz CT molecular complexity index is 2840. The number of imide groups is 1. The Morgan fingerprint density at radius 2 is 1.41 bits per heavy atom. The average Bonchev–Trinajstić information content (AvgIpc) is 1.31. The summed E-state index contributed by atoms with van der Waals surface area (Å²) in [6.45, 7) is 17.9. The molecule has 26 heteroatoms. The number of carbonyl (C=O) groups is 11. The topological polar surface area (TPSA) is 356 Å². The van der Waals surface area contributed by atoms with Gasteiger partial charge < -0.3 is 72.1 Å². The highest BCUT2D eigenvalue weighted by Crippen LogP contribution is 2.30. The largest absolute Gasteiger partial charge is 0.445 e. The summed E-state index contributed by atoms with van der Waals surface area (Å²) in [6, 6.07) is 9.72. The van der Waals surface area contributed by atoms with E-state index in [1.165, 1.54) is 45.1 Å². The lowest BCUT2D eigenvalue weighted by Crippen LogP contribution is -2.62. The molecule has 0 bridgehead atoms. The Morgan fingerprint density at radius 3 is 2.00 bits per heavy atom. The number of nitrogens with two attached hydrogens (primary N) is 1. The minimum absolute atomic E-state index is 0.0826. The Balaban J connectivity index is 1.34. The molecule has 2 aromatic rings. The molecular weight excluding hydrogens is 1190 g/mol. The molecule has 2 heterocycles. The molecule has 2 aliphatic rings. The summed E-state index contributed by atoms with van der Waals surface area (Å²) in [5.41, 5.74) is 5.14. The maximum Gasteiger partial charge on any atom is 0.408 e. The van der Waals surface area contributed by atoms with Crippen LogP contribution < -0.4 is 43.0 Å². The molecule has 2 aromatic carbocycles. The summed E-state index contributed by atoms with van der Waals surface area (Å²) in [5.74, 6) is -5.70. The van der Waals surface area contributed by atoms with Crippen molar-refractivity contribution in [2.75, 3.05) is 46.2 Å². The molecule has 510 valence electrons. The summed E-state index contributed by atoms with van der Waals surface area (Å²) < 4.78 is 17.5. The van der Waals surface area contributed by atoms with Gasteiger partial charge in [-0.05, 0) is 100 Å². The molecule has 26 nitrogen and oxygen atoms in total. The first-order valence-electron chi connectivity index (χ1n) is 31.9. The molecular formula is C66H101N11O15. The van der Waals surface area contributed by atoms with Crippen molar-refractivity contribution in [3.05, 3.63) is 77.9 Å². The number of aliphatic hydroxyl groups is 1. The van der Waals surface area contributed by atoms with Gasteiger partial charge in [0.25, 0.3) is 11.8 Å². The number of carbonyl (C=O) groups excluding carboxylic acids is 11. The van der Waals surface area contributed by atoms with Crippen molar-refractivity contribution in [1.82, 2.24) is 46.6 Å². The summed E-state index contributed by atoms with van der Waals surface area (Å²) in [5, 5.41) is 30.0. The van der Waals surface area contributed by atoms with Crippen LogP contribution in [0.3, 0.4) is 0 Å². The minimum Gasteiger partial charge on any atom is -0.445 e. The van der Waals surface area contributed by atoms with Crippen LogP contribution >= 0.6 is 0 Å². The van der Waals surface area contributed by atoms with E-state index >= 15 is 0 Å². The Labute approximate surface area is 541 Å². The fourth-order valence-electron chi connectivity index (χ4n) is 11.4. The van der Waals surface area contributed by atoms with Gasteiger partial charge in [-0.1, -0.05) is 104 Å². The second-order valence-corrected chi connectivity index (χ2v) is 25.2. The lowest BCUT2D eigenvalue weighted by atomic mass is 9.89. The maximum absolute atomic E-state index is 14.7. The number of hydrogen-bond donors (Lipinski definition) is 9. The molecule has 0 radical (unpaired) electrons. The van der Waals surface area contributed by atoms with Crippen LogP contribution in [0.25, 0.3) is 0 Å². The van der Waals surface area contributed by atoms with Crippen molar-refractivity contribution in [3.63, 3.8) is 0 Å². The van der Waals surface area contributed by atoms with Gasteiger partial charge in [0.2, 0.25) is 41.4 Å². The van der Waals surface area contributed by atoms with Crippen LogP contribution in [0.1, 0.15) is 151 Å². The summed E-state index contributed by atoms with van der Waals surface area (Å²) in [6.07, 6.45) is 2.81. The first-order valence-corrected chi connectivity index (χ1v) is 31.9. The second kappa shape index (κ2) is 36.9. The standard InChI is InChI=1S/C66H101N11O15/c1-14-41(6)56(49(90-12)37-53(81)76-36-22-26-48(76)58(91-13)42(7)59(83)69-43(8)57(82)45-23-17-15-18-24-45)75(11)62(86)55(40(4)5)73-63(87)66(9,10)74-65(89)92-38-44-28-30-46(31-29-44)70-60(84)47(25-21-34-68-64(67)88)71-61(85)54(39(2)3)72-50(78)27-19-16-20-35-77-51(79)32-33-52(77)80/h15,17-18,23-24,28-33,39-43,47-49,54-58,82H,14,16,19-22,25-27,34-38H2,1-13H3,(H,69,83)(H,70,84)(H,71,85)(H,72,78)(H,73,87)(H,74,89)(H3,67,68,88). The molecule has 0 spiro atoms. The van der Waals surface area contributed by atoms with Crippen LogP contribution in [0.4, 0.5) is 15.3 Å². The van der Waals surface area contributed by atoms with Gasteiger partial charge in [-0.3, -0.25) is 48.1 Å². The van der Waals surface area contributed by atoms with E-state index in [1.807, 2.05) is 32.0 Å². The fraction of sp³-hybridized carbons (Fsp3) is 0.621. The van der Waals surface area contributed by atoms with Crippen molar-refractivity contribution in [2.45, 2.75) is 200 Å². The van der Waals surface area contributed by atoms with E-state index in [9.17, 15) is 57.8 Å². The van der Waals surface area contributed by atoms with Crippen molar-refractivity contribution in [3.8, 4) is 0 Å². The number of aliphatic hydroxyl groups excluding tert-OH is 1. The predicted molar refractivity (Wildman–Crippen MR) is 344 cm³/mol. The van der Waals surface area contributed by atoms with Gasteiger partial charge in [-0.25, -0.2) is 9.59 Å². The van der Waals surface area contributed by atoms with E-state index in [2.05, 4.69) is 37.2 Å². The number of urea groups is 1. The van der Waals surface area contributed by atoms with E-state index in [0.29, 0.717) is 61.9 Å². The van der Waals surface area contributed by atoms with E-state index < -0.39 is 114 Å². The summed E-state index contributed by atoms with van der Waals surface area (Å²) in [7, 11) is 4.62. The number of benzene rings is 2. The molecule has 10 N–H and O–H groups in total. The van der Waals surface area contributed by atoms with E-state index in [0.717, 1.165) is 4.90 Å². The number of likely N-dealkylation sites (tertiary alicyclic amines) is 1. The van der Waals surface area contributed by atoms with Crippen molar-refractivity contribution in [2.24, 2.45) is 29.4 Å². The highest BCUT2D eigenvalue weighted by molar-refractivity contribution is 6.12. The number of nitrogens with one attached hydrogen (secondary N) is 7. The van der Waals surface area contributed by atoms with Gasteiger partial charge in [-0.15, -0.1) is 0 Å². The smallest absolute Gasteiger partial charge is 0.408 e. The van der Waals surface area contributed by atoms with Gasteiger partial charge in [0.15, 0.2) is 0 Å². The SMILES string of the molecule is CCC(C)C(C(CC(=O)N1CCCC1C(OC)C(C)C(=O)NC(C)C(O)c1ccccc1)OC)N(C)C(=O)C(NC(=O)C(C)(C)NC(=O)OCc1ccc(NC(=O)C(CCCNC(N)=O)NC(=O)C(NC(=O)CCCCCN2C(=O)C=CC2=O)C(C)C)cc1)C(C)C. The molecule has 92 heavy (non-hydrogen) atoms. The molecule has 1 fully saturated rings. The molecule has 11 atom stereocenters. The van der Waals surface area contributed by atoms with Crippen LogP contribution in [0.15, 0.2) is 66.7 Å². The van der Waals surface area contributed by atoms with Crippen LogP contribution in [0, 0.1) is 23.7 Å². The third-order valence-electron chi connectivity index (χ3n) is 17.1. The molecule has 11 unspecified atom stereocenters. The van der Waals surface area contributed by atoms with E-state index in [1.54, 1.807) is 89.9 Å². The lowest BCUT2D eigenvalue weighted by Gasteiger charge is -2.41.